The van der Waals surface area contributed by atoms with Crippen LogP contribution >= 0.6 is 11.8 Å². The van der Waals surface area contributed by atoms with E-state index in [0.29, 0.717) is 5.92 Å². The summed E-state index contributed by atoms with van der Waals surface area (Å²) >= 11 is 1.99. The Labute approximate surface area is 78.9 Å². The maximum Gasteiger partial charge on any atom is 0.101 e. The van der Waals surface area contributed by atoms with Gasteiger partial charge < -0.3 is 0 Å². The Morgan fingerprint density at radius 3 is 2.75 bits per heavy atom. The van der Waals surface area contributed by atoms with Gasteiger partial charge >= 0.3 is 0 Å². The molecule has 1 aliphatic heterocycles. The largest absolute Gasteiger partial charge is 0.294 e. The fourth-order valence-corrected chi connectivity index (χ4v) is 2.85. The van der Waals surface area contributed by atoms with Gasteiger partial charge in [0.15, 0.2) is 0 Å². The highest BCUT2D eigenvalue weighted by molar-refractivity contribution is 7.99. The minimum absolute atomic E-state index is 0.123. The van der Waals surface area contributed by atoms with Crippen LogP contribution in [0, 0.1) is 17.2 Å². The van der Waals surface area contributed by atoms with E-state index >= 15 is 0 Å². The van der Waals surface area contributed by atoms with Gasteiger partial charge in [0.2, 0.25) is 0 Å². The van der Waals surface area contributed by atoms with Gasteiger partial charge in [-0.1, -0.05) is 0 Å². The zero-order valence-corrected chi connectivity index (χ0v) is 8.60. The molecule has 12 heavy (non-hydrogen) atoms. The van der Waals surface area contributed by atoms with Crippen molar-refractivity contribution >= 4 is 11.8 Å². The summed E-state index contributed by atoms with van der Waals surface area (Å²) < 4.78 is 0. The van der Waals surface area contributed by atoms with Crippen LogP contribution in [0.15, 0.2) is 0 Å². The molecule has 0 saturated carbocycles. The molecule has 1 aliphatic rings. The molecule has 2 atom stereocenters. The van der Waals surface area contributed by atoms with Crippen LogP contribution in [0.25, 0.3) is 0 Å². The lowest BCUT2D eigenvalue weighted by atomic mass is 9.96. The van der Waals surface area contributed by atoms with Crippen LogP contribution in [-0.4, -0.2) is 36.5 Å². The van der Waals surface area contributed by atoms with E-state index in [1.165, 1.54) is 18.6 Å². The monoisotopic (exact) mass is 184 g/mol. The summed E-state index contributed by atoms with van der Waals surface area (Å²) in [4.78, 5) is 2.04. The summed E-state index contributed by atoms with van der Waals surface area (Å²) in [5.41, 5.74) is 0. The quantitative estimate of drug-likeness (QED) is 0.652. The molecule has 68 valence electrons. The maximum absolute atomic E-state index is 8.95. The number of nitrogens with zero attached hydrogens (tertiary/aromatic N) is 2. The molecule has 0 aromatic heterocycles. The smallest absolute Gasteiger partial charge is 0.101 e. The summed E-state index contributed by atoms with van der Waals surface area (Å²) in [5.74, 6) is 3.03. The number of thioether (sulfide) groups is 1. The first kappa shape index (κ1) is 9.88. The number of rotatable bonds is 2. The molecule has 0 radical (unpaired) electrons. The fourth-order valence-electron chi connectivity index (χ4n) is 1.66. The SMILES string of the molecule is CN(C)C(C#N)C1CCCSC1. The van der Waals surface area contributed by atoms with Gasteiger partial charge in [0.25, 0.3) is 0 Å². The van der Waals surface area contributed by atoms with Crippen LogP contribution in [0.5, 0.6) is 0 Å². The summed E-state index contributed by atoms with van der Waals surface area (Å²) in [6, 6.07) is 2.51. The van der Waals surface area contributed by atoms with Gasteiger partial charge in [-0.05, 0) is 44.4 Å². The Balaban J connectivity index is 2.47. The van der Waals surface area contributed by atoms with Gasteiger partial charge in [-0.2, -0.15) is 17.0 Å². The molecule has 1 fully saturated rings. The van der Waals surface area contributed by atoms with Gasteiger partial charge in [-0.25, -0.2) is 0 Å². The van der Waals surface area contributed by atoms with E-state index in [1.807, 2.05) is 30.8 Å². The third kappa shape index (κ3) is 2.40. The van der Waals surface area contributed by atoms with E-state index in [9.17, 15) is 0 Å². The van der Waals surface area contributed by atoms with E-state index in [0.717, 1.165) is 5.75 Å². The number of hydrogen-bond donors (Lipinski definition) is 0. The molecule has 0 N–H and O–H groups in total. The van der Waals surface area contributed by atoms with E-state index in [1.54, 1.807) is 0 Å². The summed E-state index contributed by atoms with van der Waals surface area (Å²) in [6.07, 6.45) is 2.50. The lowest BCUT2D eigenvalue weighted by Crippen LogP contribution is -2.36. The summed E-state index contributed by atoms with van der Waals surface area (Å²) in [6.45, 7) is 0. The molecule has 3 heteroatoms. The normalized spacial score (nSPS) is 26.7. The second-order valence-electron chi connectivity index (χ2n) is 3.51. The van der Waals surface area contributed by atoms with Crippen LogP contribution in [0.1, 0.15) is 12.8 Å². The van der Waals surface area contributed by atoms with Gasteiger partial charge in [0.05, 0.1) is 6.07 Å². The molecule has 0 spiro atoms. The lowest BCUT2D eigenvalue weighted by molar-refractivity contribution is 0.264. The van der Waals surface area contributed by atoms with Crippen molar-refractivity contribution in [2.75, 3.05) is 25.6 Å². The molecule has 0 aliphatic carbocycles. The molecule has 1 saturated heterocycles. The Morgan fingerprint density at radius 2 is 2.33 bits per heavy atom. The van der Waals surface area contributed by atoms with Gasteiger partial charge in [-0.3, -0.25) is 4.90 Å². The first-order valence-electron chi connectivity index (χ1n) is 4.39. The van der Waals surface area contributed by atoms with Crippen LogP contribution in [0.4, 0.5) is 0 Å². The average molecular weight is 184 g/mol. The van der Waals surface area contributed by atoms with E-state index in [-0.39, 0.29) is 6.04 Å². The second-order valence-corrected chi connectivity index (χ2v) is 4.66. The predicted molar refractivity (Wildman–Crippen MR) is 53.1 cm³/mol. The van der Waals surface area contributed by atoms with Gasteiger partial charge in [0, 0.05) is 0 Å². The summed E-state index contributed by atoms with van der Waals surface area (Å²) in [5, 5.41) is 8.95. The molecule has 0 aromatic carbocycles. The molecule has 2 nitrogen and oxygen atoms in total. The molecule has 2 unspecified atom stereocenters. The molecular weight excluding hydrogens is 168 g/mol. The van der Waals surface area contributed by atoms with Gasteiger partial charge in [0.1, 0.15) is 6.04 Å². The van der Waals surface area contributed by atoms with Crippen molar-refractivity contribution in [2.45, 2.75) is 18.9 Å². The zero-order valence-electron chi connectivity index (χ0n) is 7.79. The highest BCUT2D eigenvalue weighted by atomic mass is 32.2. The fraction of sp³-hybridized carbons (Fsp3) is 0.889. The Morgan fingerprint density at radius 1 is 1.58 bits per heavy atom. The molecule has 0 bridgehead atoms. The lowest BCUT2D eigenvalue weighted by Gasteiger charge is -2.29. The number of hydrogen-bond acceptors (Lipinski definition) is 3. The van der Waals surface area contributed by atoms with Crippen molar-refractivity contribution in [3.63, 3.8) is 0 Å². The van der Waals surface area contributed by atoms with Crippen molar-refractivity contribution < 1.29 is 0 Å². The minimum atomic E-state index is 0.123. The van der Waals surface area contributed by atoms with Crippen LogP contribution in [0.3, 0.4) is 0 Å². The maximum atomic E-state index is 8.95. The Kier molecular flexibility index (Phi) is 3.90. The highest BCUT2D eigenvalue weighted by Gasteiger charge is 2.24. The third-order valence-electron chi connectivity index (χ3n) is 2.33. The first-order valence-corrected chi connectivity index (χ1v) is 5.55. The molecular formula is C9H16N2S. The predicted octanol–water partition coefficient (Wildman–Crippen LogP) is 1.58. The Bertz CT molecular complexity index is 168. The van der Waals surface area contributed by atoms with Crippen molar-refractivity contribution in [1.82, 2.24) is 4.90 Å². The van der Waals surface area contributed by atoms with E-state index < -0.39 is 0 Å². The summed E-state index contributed by atoms with van der Waals surface area (Å²) in [7, 11) is 3.99. The third-order valence-corrected chi connectivity index (χ3v) is 3.57. The van der Waals surface area contributed by atoms with Crippen LogP contribution in [0.2, 0.25) is 0 Å². The average Bonchev–Trinajstić information content (AvgIpc) is 2.07. The zero-order chi connectivity index (χ0) is 8.97. The standard InChI is InChI=1S/C9H16N2S/c1-11(2)9(6-10)8-4-3-5-12-7-8/h8-9H,3-5,7H2,1-2H3. The van der Waals surface area contributed by atoms with Crippen molar-refractivity contribution in [3.05, 3.63) is 0 Å². The molecule has 0 amide bonds. The van der Waals surface area contributed by atoms with E-state index in [4.69, 9.17) is 5.26 Å². The molecule has 1 heterocycles. The van der Waals surface area contributed by atoms with Crippen molar-refractivity contribution in [3.8, 4) is 6.07 Å². The molecule has 0 aromatic rings. The first-order chi connectivity index (χ1) is 5.75. The molecule has 1 rings (SSSR count). The topological polar surface area (TPSA) is 27.0 Å². The van der Waals surface area contributed by atoms with Crippen LogP contribution < -0.4 is 0 Å². The second kappa shape index (κ2) is 4.74. The van der Waals surface area contributed by atoms with Crippen LogP contribution in [-0.2, 0) is 0 Å². The van der Waals surface area contributed by atoms with Crippen molar-refractivity contribution in [2.24, 2.45) is 5.92 Å². The van der Waals surface area contributed by atoms with Crippen molar-refractivity contribution in [1.29, 1.82) is 5.26 Å². The highest BCUT2D eigenvalue weighted by Crippen LogP contribution is 2.26. The van der Waals surface area contributed by atoms with Gasteiger partial charge in [-0.15, -0.1) is 0 Å². The minimum Gasteiger partial charge on any atom is -0.294 e. The number of nitriles is 1. The Hall–Kier alpha value is -0.200. The van der Waals surface area contributed by atoms with E-state index in [2.05, 4.69) is 6.07 Å².